The molecule has 4 rings (SSSR count). The van der Waals surface area contributed by atoms with E-state index < -0.39 is 10.0 Å². The van der Waals surface area contributed by atoms with Crippen LogP contribution in [-0.4, -0.2) is 47.3 Å². The number of imidazole rings is 1. The van der Waals surface area contributed by atoms with Crippen molar-refractivity contribution in [3.05, 3.63) is 46.4 Å². The van der Waals surface area contributed by atoms with E-state index in [9.17, 15) is 8.42 Å². The maximum absolute atomic E-state index is 12.5. The highest BCUT2D eigenvalue weighted by Crippen LogP contribution is 2.31. The van der Waals surface area contributed by atoms with Crippen LogP contribution in [0.1, 0.15) is 30.5 Å². The maximum Gasteiger partial charge on any atom is 0.242 e. The van der Waals surface area contributed by atoms with E-state index >= 15 is 0 Å². The van der Waals surface area contributed by atoms with Crippen molar-refractivity contribution in [3.63, 3.8) is 0 Å². The number of aryl methyl sites for hydroxylation is 1. The summed E-state index contributed by atoms with van der Waals surface area (Å²) in [7, 11) is -0.366. The van der Waals surface area contributed by atoms with Crippen molar-refractivity contribution in [2.24, 2.45) is 0 Å². The lowest BCUT2D eigenvalue weighted by Gasteiger charge is -2.21. The van der Waals surface area contributed by atoms with Gasteiger partial charge < -0.3 is 4.57 Å². The Morgan fingerprint density at radius 2 is 2.00 bits per heavy atom. The molecular weight excluding hydrogens is 392 g/mol. The Morgan fingerprint density at radius 1 is 1.21 bits per heavy atom. The molecule has 28 heavy (non-hydrogen) atoms. The maximum atomic E-state index is 12.5. The average molecular weight is 419 g/mol. The first-order valence-electron chi connectivity index (χ1n) is 9.58. The molecule has 0 saturated heterocycles. The molecule has 0 N–H and O–H groups in total. The smallest absolute Gasteiger partial charge is 0.242 e. The van der Waals surface area contributed by atoms with E-state index in [1.165, 1.54) is 22.0 Å². The van der Waals surface area contributed by atoms with Crippen molar-refractivity contribution in [1.82, 2.24) is 18.8 Å². The van der Waals surface area contributed by atoms with Gasteiger partial charge >= 0.3 is 0 Å². The normalized spacial score (nSPS) is 15.2. The molecule has 6 nitrogen and oxygen atoms in total. The topological polar surface area (TPSA) is 58.4 Å². The van der Waals surface area contributed by atoms with Crippen molar-refractivity contribution in [2.75, 3.05) is 14.1 Å². The summed E-state index contributed by atoms with van der Waals surface area (Å²) in [4.78, 5) is 8.99. The monoisotopic (exact) mass is 418 g/mol. The number of benzene rings is 1. The van der Waals surface area contributed by atoms with Crippen LogP contribution in [0.3, 0.4) is 0 Å². The summed E-state index contributed by atoms with van der Waals surface area (Å²) in [6, 6.07) is 10.2. The van der Waals surface area contributed by atoms with Crippen molar-refractivity contribution < 1.29 is 8.42 Å². The van der Waals surface area contributed by atoms with Gasteiger partial charge in [0.2, 0.25) is 10.0 Å². The van der Waals surface area contributed by atoms with Crippen LogP contribution < -0.4 is 0 Å². The lowest BCUT2D eigenvalue weighted by Crippen LogP contribution is -2.26. The van der Waals surface area contributed by atoms with Crippen LogP contribution in [0.25, 0.3) is 11.0 Å². The Morgan fingerprint density at radius 3 is 2.61 bits per heavy atom. The zero-order valence-corrected chi connectivity index (χ0v) is 18.1. The molecule has 1 fully saturated rings. The summed E-state index contributed by atoms with van der Waals surface area (Å²) in [5.41, 5.74) is 1.73. The van der Waals surface area contributed by atoms with Gasteiger partial charge in [-0.25, -0.2) is 17.7 Å². The van der Waals surface area contributed by atoms with E-state index in [1.54, 1.807) is 37.6 Å². The zero-order chi connectivity index (χ0) is 19.9. The summed E-state index contributed by atoms with van der Waals surface area (Å²) in [6.07, 6.45) is 2.48. The third-order valence-electron chi connectivity index (χ3n) is 5.24. The molecule has 8 heteroatoms. The highest BCUT2D eigenvalue weighted by molar-refractivity contribution is 7.89. The average Bonchev–Trinajstić information content (AvgIpc) is 3.27. The number of aromatic nitrogens is 2. The van der Waals surface area contributed by atoms with E-state index in [-0.39, 0.29) is 4.90 Å². The van der Waals surface area contributed by atoms with Crippen molar-refractivity contribution >= 4 is 32.4 Å². The molecule has 3 aromatic rings. The summed E-state index contributed by atoms with van der Waals surface area (Å²) < 4.78 is 28.4. The fourth-order valence-corrected chi connectivity index (χ4v) is 5.19. The molecule has 0 bridgehead atoms. The summed E-state index contributed by atoms with van der Waals surface area (Å²) >= 11 is 1.79. The molecule has 1 aliphatic carbocycles. The van der Waals surface area contributed by atoms with Gasteiger partial charge in [-0.1, -0.05) is 6.07 Å². The number of rotatable bonds is 8. The third kappa shape index (κ3) is 3.74. The zero-order valence-electron chi connectivity index (χ0n) is 16.5. The van der Waals surface area contributed by atoms with Gasteiger partial charge in [-0.3, -0.25) is 4.90 Å². The molecule has 0 aliphatic heterocycles. The molecule has 0 atom stereocenters. The fourth-order valence-electron chi connectivity index (χ4n) is 3.54. The van der Waals surface area contributed by atoms with E-state index in [1.807, 2.05) is 6.07 Å². The third-order valence-corrected chi connectivity index (χ3v) is 7.91. The van der Waals surface area contributed by atoms with Crippen LogP contribution in [0.2, 0.25) is 0 Å². The quantitative estimate of drug-likeness (QED) is 0.561. The van der Waals surface area contributed by atoms with E-state index in [0.29, 0.717) is 6.04 Å². The van der Waals surface area contributed by atoms with Crippen LogP contribution in [0.15, 0.2) is 40.6 Å². The van der Waals surface area contributed by atoms with Gasteiger partial charge in [0.05, 0.1) is 22.5 Å². The first kappa shape index (κ1) is 19.6. The summed E-state index contributed by atoms with van der Waals surface area (Å²) in [5.74, 6) is 1.00. The Bertz CT molecular complexity index is 1070. The largest absolute Gasteiger partial charge is 0.327 e. The van der Waals surface area contributed by atoms with Gasteiger partial charge in [-0.15, -0.1) is 11.3 Å². The van der Waals surface area contributed by atoms with Gasteiger partial charge in [0.25, 0.3) is 0 Å². The lowest BCUT2D eigenvalue weighted by molar-refractivity contribution is 0.238. The molecule has 150 valence electrons. The highest BCUT2D eigenvalue weighted by atomic mass is 32.2. The number of hydrogen-bond acceptors (Lipinski definition) is 5. The molecule has 0 radical (unpaired) electrons. The first-order chi connectivity index (χ1) is 13.4. The van der Waals surface area contributed by atoms with E-state index in [2.05, 4.69) is 33.9 Å². The summed E-state index contributed by atoms with van der Waals surface area (Å²) in [5, 5.41) is 2.12. The number of fused-ring (bicyclic) bond motifs is 1. The highest BCUT2D eigenvalue weighted by Gasteiger charge is 2.30. The SMILES string of the molecule is CCn1c(CN(Cc2cccs2)C2CC2)nc2cc(S(=O)(=O)N(C)C)ccc21. The second kappa shape index (κ2) is 7.59. The van der Waals surface area contributed by atoms with Crippen molar-refractivity contribution in [1.29, 1.82) is 0 Å². The Labute approximate surface area is 170 Å². The van der Waals surface area contributed by atoms with Gasteiger partial charge in [-0.2, -0.15) is 0 Å². The predicted octanol–water partition coefficient (Wildman–Crippen LogP) is 3.53. The van der Waals surface area contributed by atoms with Gasteiger partial charge in [-0.05, 0) is 49.4 Å². The second-order valence-electron chi connectivity index (χ2n) is 7.43. The number of thiophene rings is 1. The minimum Gasteiger partial charge on any atom is -0.327 e. The predicted molar refractivity (Wildman–Crippen MR) is 113 cm³/mol. The molecular formula is C20H26N4O2S2. The standard InChI is InChI=1S/C20H26N4O2S2/c1-4-24-19-10-9-17(28(25,26)22(2)3)12-18(19)21-20(24)14-23(15-7-8-15)13-16-6-5-11-27-16/h5-6,9-12,15H,4,7-8,13-14H2,1-3H3. The van der Waals surface area contributed by atoms with Gasteiger partial charge in [0, 0.05) is 38.1 Å². The van der Waals surface area contributed by atoms with Crippen LogP contribution in [0, 0.1) is 0 Å². The molecule has 1 aromatic carbocycles. The molecule has 2 aromatic heterocycles. The van der Waals surface area contributed by atoms with Crippen LogP contribution >= 0.6 is 11.3 Å². The number of sulfonamides is 1. The molecule has 2 heterocycles. The minimum atomic E-state index is -3.46. The van der Waals surface area contributed by atoms with E-state index in [4.69, 9.17) is 4.98 Å². The minimum absolute atomic E-state index is 0.287. The van der Waals surface area contributed by atoms with Crippen molar-refractivity contribution in [3.8, 4) is 0 Å². The van der Waals surface area contributed by atoms with E-state index in [0.717, 1.165) is 36.5 Å². The Hall–Kier alpha value is -1.74. The fraction of sp³-hybridized carbons (Fsp3) is 0.450. The van der Waals surface area contributed by atoms with Gasteiger partial charge in [0.15, 0.2) is 0 Å². The van der Waals surface area contributed by atoms with Crippen LogP contribution in [0.4, 0.5) is 0 Å². The second-order valence-corrected chi connectivity index (χ2v) is 10.6. The van der Waals surface area contributed by atoms with Crippen molar-refractivity contribution in [2.45, 2.75) is 50.3 Å². The molecule has 0 spiro atoms. The molecule has 1 aliphatic rings. The Balaban J connectivity index is 1.68. The summed E-state index contributed by atoms with van der Waals surface area (Å²) in [6.45, 7) is 4.63. The number of nitrogens with zero attached hydrogens (tertiary/aromatic N) is 4. The van der Waals surface area contributed by atoms with Crippen LogP contribution in [-0.2, 0) is 29.7 Å². The van der Waals surface area contributed by atoms with Crippen LogP contribution in [0.5, 0.6) is 0 Å². The number of hydrogen-bond donors (Lipinski definition) is 0. The molecule has 0 unspecified atom stereocenters. The molecule has 1 saturated carbocycles. The van der Waals surface area contributed by atoms with Gasteiger partial charge in [0.1, 0.15) is 5.82 Å². The first-order valence-corrected chi connectivity index (χ1v) is 11.9. The Kier molecular flexibility index (Phi) is 5.30. The lowest BCUT2D eigenvalue weighted by atomic mass is 10.3. The molecule has 0 amide bonds.